The minimum Gasteiger partial charge on any atom is -0.494 e. The number of aryl methyl sites for hydroxylation is 2. The predicted molar refractivity (Wildman–Crippen MR) is 86.9 cm³/mol. The molecule has 1 aromatic heterocycles. The molecule has 1 aromatic carbocycles. The smallest absolute Gasteiger partial charge is 0.122 e. The summed E-state index contributed by atoms with van der Waals surface area (Å²) in [5, 5.41) is 2.15. The van der Waals surface area contributed by atoms with Crippen molar-refractivity contribution in [2.45, 2.75) is 33.1 Å². The van der Waals surface area contributed by atoms with Gasteiger partial charge in [-0.05, 0) is 67.9 Å². The van der Waals surface area contributed by atoms with E-state index >= 15 is 0 Å². The second-order valence-electron chi connectivity index (χ2n) is 5.12. The fourth-order valence-corrected chi connectivity index (χ4v) is 3.41. The molecule has 0 amide bonds. The van der Waals surface area contributed by atoms with E-state index in [4.69, 9.17) is 10.5 Å². The van der Waals surface area contributed by atoms with Crippen LogP contribution in [0.1, 0.15) is 34.4 Å². The average molecular weight is 289 g/mol. The van der Waals surface area contributed by atoms with E-state index in [0.29, 0.717) is 19.1 Å². The predicted octanol–water partition coefficient (Wildman–Crippen LogP) is 4.05. The van der Waals surface area contributed by atoms with Gasteiger partial charge in [0.2, 0.25) is 0 Å². The van der Waals surface area contributed by atoms with Crippen LogP contribution in [-0.2, 0) is 6.42 Å². The van der Waals surface area contributed by atoms with Crippen molar-refractivity contribution in [3.8, 4) is 5.75 Å². The lowest BCUT2D eigenvalue weighted by atomic mass is 9.93. The molecule has 0 aliphatic carbocycles. The molecular weight excluding hydrogens is 266 g/mol. The van der Waals surface area contributed by atoms with Gasteiger partial charge in [-0.2, -0.15) is 0 Å². The summed E-state index contributed by atoms with van der Waals surface area (Å²) in [6.45, 7) is 7.65. The first-order chi connectivity index (χ1) is 9.65. The first kappa shape index (κ1) is 15.1. The monoisotopic (exact) mass is 289 g/mol. The van der Waals surface area contributed by atoms with Crippen molar-refractivity contribution in [1.29, 1.82) is 0 Å². The van der Waals surface area contributed by atoms with Gasteiger partial charge in [-0.3, -0.25) is 0 Å². The SMILES string of the molecule is CCOc1ccc(C(CN)Cc2sccc2C)cc1C. The van der Waals surface area contributed by atoms with E-state index in [2.05, 4.69) is 43.5 Å². The molecule has 3 heteroatoms. The lowest BCUT2D eigenvalue weighted by Crippen LogP contribution is -2.15. The molecule has 2 aromatic rings. The van der Waals surface area contributed by atoms with Gasteiger partial charge in [0, 0.05) is 10.8 Å². The Morgan fingerprint density at radius 2 is 2.00 bits per heavy atom. The van der Waals surface area contributed by atoms with Crippen LogP contribution in [0.3, 0.4) is 0 Å². The first-order valence-corrected chi connectivity index (χ1v) is 8.00. The van der Waals surface area contributed by atoms with Gasteiger partial charge in [-0.1, -0.05) is 12.1 Å². The first-order valence-electron chi connectivity index (χ1n) is 7.12. The highest BCUT2D eigenvalue weighted by Gasteiger charge is 2.14. The molecule has 108 valence electrons. The van der Waals surface area contributed by atoms with Crippen LogP contribution in [0.2, 0.25) is 0 Å². The van der Waals surface area contributed by atoms with Crippen LogP contribution in [0.25, 0.3) is 0 Å². The molecule has 1 atom stereocenters. The summed E-state index contributed by atoms with van der Waals surface area (Å²) in [6, 6.07) is 8.61. The van der Waals surface area contributed by atoms with Gasteiger partial charge >= 0.3 is 0 Å². The summed E-state index contributed by atoms with van der Waals surface area (Å²) in [6.07, 6.45) is 1.02. The Hall–Kier alpha value is -1.32. The van der Waals surface area contributed by atoms with Crippen molar-refractivity contribution >= 4 is 11.3 Å². The summed E-state index contributed by atoms with van der Waals surface area (Å²) in [5.41, 5.74) is 9.86. The van der Waals surface area contributed by atoms with Gasteiger partial charge in [-0.25, -0.2) is 0 Å². The van der Waals surface area contributed by atoms with Gasteiger partial charge in [0.1, 0.15) is 5.75 Å². The van der Waals surface area contributed by atoms with Gasteiger partial charge < -0.3 is 10.5 Å². The molecule has 0 fully saturated rings. The van der Waals surface area contributed by atoms with Crippen LogP contribution in [0, 0.1) is 13.8 Å². The topological polar surface area (TPSA) is 35.2 Å². The van der Waals surface area contributed by atoms with Crippen molar-refractivity contribution in [3.05, 3.63) is 51.2 Å². The molecule has 1 heterocycles. The third-order valence-corrected chi connectivity index (χ3v) is 4.70. The highest BCUT2D eigenvalue weighted by molar-refractivity contribution is 7.10. The second kappa shape index (κ2) is 6.91. The van der Waals surface area contributed by atoms with E-state index in [9.17, 15) is 0 Å². The fraction of sp³-hybridized carbons (Fsp3) is 0.412. The van der Waals surface area contributed by atoms with E-state index in [0.717, 1.165) is 12.2 Å². The number of rotatable bonds is 6. The Balaban J connectivity index is 2.19. The largest absolute Gasteiger partial charge is 0.494 e. The molecule has 0 radical (unpaired) electrons. The van der Waals surface area contributed by atoms with E-state index in [1.165, 1.54) is 21.6 Å². The normalized spacial score (nSPS) is 12.4. The highest BCUT2D eigenvalue weighted by atomic mass is 32.1. The van der Waals surface area contributed by atoms with Gasteiger partial charge in [0.15, 0.2) is 0 Å². The number of benzene rings is 1. The van der Waals surface area contributed by atoms with Crippen molar-refractivity contribution in [2.75, 3.05) is 13.2 Å². The number of hydrogen-bond donors (Lipinski definition) is 1. The molecule has 2 nitrogen and oxygen atoms in total. The minimum absolute atomic E-state index is 0.377. The molecule has 20 heavy (non-hydrogen) atoms. The van der Waals surface area contributed by atoms with Crippen LogP contribution >= 0.6 is 11.3 Å². The molecule has 0 saturated heterocycles. The zero-order chi connectivity index (χ0) is 14.5. The molecule has 0 spiro atoms. The summed E-state index contributed by atoms with van der Waals surface area (Å²) >= 11 is 1.82. The van der Waals surface area contributed by atoms with Crippen LogP contribution in [0.5, 0.6) is 5.75 Å². The fourth-order valence-electron chi connectivity index (χ4n) is 2.42. The summed E-state index contributed by atoms with van der Waals surface area (Å²) < 4.78 is 5.60. The van der Waals surface area contributed by atoms with E-state index in [-0.39, 0.29) is 0 Å². The Labute approximate surface area is 125 Å². The zero-order valence-corrected chi connectivity index (χ0v) is 13.3. The molecule has 0 aliphatic rings. The van der Waals surface area contributed by atoms with Crippen molar-refractivity contribution in [3.63, 3.8) is 0 Å². The Morgan fingerprint density at radius 1 is 1.20 bits per heavy atom. The molecular formula is C17H23NOS. The average Bonchev–Trinajstić information content (AvgIpc) is 2.84. The van der Waals surface area contributed by atoms with Gasteiger partial charge in [0.05, 0.1) is 6.61 Å². The molecule has 1 unspecified atom stereocenters. The number of nitrogens with two attached hydrogens (primary N) is 1. The zero-order valence-electron chi connectivity index (χ0n) is 12.5. The lowest BCUT2D eigenvalue weighted by Gasteiger charge is -2.17. The number of ether oxygens (including phenoxy) is 1. The van der Waals surface area contributed by atoms with Crippen LogP contribution in [-0.4, -0.2) is 13.2 Å². The maximum Gasteiger partial charge on any atom is 0.122 e. The molecule has 2 rings (SSSR count). The van der Waals surface area contributed by atoms with Gasteiger partial charge in [-0.15, -0.1) is 11.3 Å². The minimum atomic E-state index is 0.377. The van der Waals surface area contributed by atoms with Crippen LogP contribution in [0.15, 0.2) is 29.6 Å². The van der Waals surface area contributed by atoms with Crippen molar-refractivity contribution in [2.24, 2.45) is 5.73 Å². The Bertz CT molecular complexity index is 562. The van der Waals surface area contributed by atoms with E-state index < -0.39 is 0 Å². The third-order valence-electron chi connectivity index (χ3n) is 3.65. The van der Waals surface area contributed by atoms with E-state index in [1.54, 1.807) is 0 Å². The summed E-state index contributed by atoms with van der Waals surface area (Å²) in [4.78, 5) is 1.44. The maximum atomic E-state index is 5.99. The van der Waals surface area contributed by atoms with Crippen LogP contribution in [0.4, 0.5) is 0 Å². The Morgan fingerprint density at radius 3 is 2.55 bits per heavy atom. The van der Waals surface area contributed by atoms with Crippen LogP contribution < -0.4 is 10.5 Å². The summed E-state index contributed by atoms with van der Waals surface area (Å²) in [7, 11) is 0. The summed E-state index contributed by atoms with van der Waals surface area (Å²) in [5.74, 6) is 1.35. The van der Waals surface area contributed by atoms with E-state index in [1.807, 2.05) is 18.3 Å². The third kappa shape index (κ3) is 3.41. The highest BCUT2D eigenvalue weighted by Crippen LogP contribution is 2.28. The van der Waals surface area contributed by atoms with Crippen molar-refractivity contribution < 1.29 is 4.74 Å². The molecule has 0 bridgehead atoms. The maximum absolute atomic E-state index is 5.99. The van der Waals surface area contributed by atoms with Crippen molar-refractivity contribution in [1.82, 2.24) is 0 Å². The Kier molecular flexibility index (Phi) is 5.21. The molecule has 2 N–H and O–H groups in total. The second-order valence-corrected chi connectivity index (χ2v) is 6.12. The standard InChI is InChI=1S/C17H23NOS/c1-4-19-16-6-5-14(9-13(16)3)15(11-18)10-17-12(2)7-8-20-17/h5-9,15H,4,10-11,18H2,1-3H3. The lowest BCUT2D eigenvalue weighted by molar-refractivity contribution is 0.337. The van der Waals surface area contributed by atoms with Gasteiger partial charge in [0.25, 0.3) is 0 Å². The molecule has 0 aliphatic heterocycles. The number of hydrogen-bond acceptors (Lipinski definition) is 3. The number of thiophene rings is 1. The molecule has 0 saturated carbocycles. The quantitative estimate of drug-likeness (QED) is 0.870.